The summed E-state index contributed by atoms with van der Waals surface area (Å²) in [5, 5.41) is 6.54. The van der Waals surface area contributed by atoms with Crippen LogP contribution in [0.25, 0.3) is 0 Å². The molecule has 2 rings (SSSR count). The Hall–Kier alpha value is -1.35. The Balaban J connectivity index is 2.06. The number of hydrogen-bond acceptors (Lipinski definition) is 2. The standard InChI is InChI=1S/C17H26N2O/c1-3-18-13(2)15-11-7-8-12-16(15)19-17(20)14-9-5-4-6-10-14/h7-8,11-14,18H,3-6,9-10H2,1-2H3,(H,19,20). The second-order valence-corrected chi connectivity index (χ2v) is 5.69. The van der Waals surface area contributed by atoms with E-state index in [1.807, 2.05) is 18.2 Å². The summed E-state index contributed by atoms with van der Waals surface area (Å²) in [6, 6.07) is 8.36. The molecule has 0 radical (unpaired) electrons. The van der Waals surface area contributed by atoms with Crippen LogP contribution in [0.2, 0.25) is 0 Å². The van der Waals surface area contributed by atoms with Gasteiger partial charge in [0.25, 0.3) is 0 Å². The molecule has 1 aromatic rings. The Morgan fingerprint density at radius 1 is 1.25 bits per heavy atom. The average Bonchev–Trinajstić information content (AvgIpc) is 2.49. The van der Waals surface area contributed by atoms with E-state index in [9.17, 15) is 4.79 Å². The molecule has 1 aliphatic carbocycles. The molecule has 0 bridgehead atoms. The maximum absolute atomic E-state index is 12.4. The van der Waals surface area contributed by atoms with Crippen molar-refractivity contribution in [3.05, 3.63) is 29.8 Å². The van der Waals surface area contributed by atoms with Gasteiger partial charge in [-0.05, 0) is 37.9 Å². The minimum absolute atomic E-state index is 0.195. The number of para-hydroxylation sites is 1. The van der Waals surface area contributed by atoms with Crippen LogP contribution in [-0.2, 0) is 4.79 Å². The van der Waals surface area contributed by atoms with Crippen molar-refractivity contribution < 1.29 is 4.79 Å². The Bertz CT molecular complexity index is 438. The first-order valence-corrected chi connectivity index (χ1v) is 7.85. The molecule has 20 heavy (non-hydrogen) atoms. The molecular weight excluding hydrogens is 248 g/mol. The number of amides is 1. The van der Waals surface area contributed by atoms with Gasteiger partial charge in [-0.3, -0.25) is 4.79 Å². The van der Waals surface area contributed by atoms with E-state index in [0.29, 0.717) is 0 Å². The number of nitrogens with one attached hydrogen (secondary N) is 2. The average molecular weight is 274 g/mol. The summed E-state index contributed by atoms with van der Waals surface area (Å²) < 4.78 is 0. The molecule has 1 unspecified atom stereocenters. The molecule has 110 valence electrons. The zero-order valence-corrected chi connectivity index (χ0v) is 12.6. The van der Waals surface area contributed by atoms with E-state index >= 15 is 0 Å². The van der Waals surface area contributed by atoms with Crippen molar-refractivity contribution in [2.45, 2.75) is 52.0 Å². The van der Waals surface area contributed by atoms with Crippen LogP contribution >= 0.6 is 0 Å². The lowest BCUT2D eigenvalue weighted by Crippen LogP contribution is -2.26. The van der Waals surface area contributed by atoms with E-state index in [4.69, 9.17) is 0 Å². The van der Waals surface area contributed by atoms with Gasteiger partial charge in [0.2, 0.25) is 5.91 Å². The maximum atomic E-state index is 12.4. The number of hydrogen-bond donors (Lipinski definition) is 2. The third kappa shape index (κ3) is 3.83. The topological polar surface area (TPSA) is 41.1 Å². The molecule has 0 saturated heterocycles. The Morgan fingerprint density at radius 3 is 2.65 bits per heavy atom. The largest absolute Gasteiger partial charge is 0.326 e. The molecule has 1 amide bonds. The highest BCUT2D eigenvalue weighted by atomic mass is 16.1. The first-order chi connectivity index (χ1) is 9.72. The Morgan fingerprint density at radius 2 is 1.95 bits per heavy atom. The summed E-state index contributed by atoms with van der Waals surface area (Å²) in [4.78, 5) is 12.4. The third-order valence-corrected chi connectivity index (χ3v) is 4.17. The predicted octanol–water partition coefficient (Wildman–Crippen LogP) is 3.88. The van der Waals surface area contributed by atoms with E-state index in [2.05, 4.69) is 30.5 Å². The lowest BCUT2D eigenvalue weighted by Gasteiger charge is -2.23. The highest BCUT2D eigenvalue weighted by Crippen LogP contribution is 2.27. The van der Waals surface area contributed by atoms with Gasteiger partial charge in [0, 0.05) is 17.6 Å². The highest BCUT2D eigenvalue weighted by Gasteiger charge is 2.22. The molecule has 3 nitrogen and oxygen atoms in total. The quantitative estimate of drug-likeness (QED) is 0.855. The zero-order valence-electron chi connectivity index (χ0n) is 12.6. The first-order valence-electron chi connectivity index (χ1n) is 7.85. The van der Waals surface area contributed by atoms with E-state index < -0.39 is 0 Å². The van der Waals surface area contributed by atoms with Crippen LogP contribution in [0.3, 0.4) is 0 Å². The number of anilines is 1. The molecule has 3 heteroatoms. The fraction of sp³-hybridized carbons (Fsp3) is 0.588. The smallest absolute Gasteiger partial charge is 0.227 e. The molecule has 2 N–H and O–H groups in total. The minimum Gasteiger partial charge on any atom is -0.326 e. The molecule has 1 aromatic carbocycles. The number of rotatable bonds is 5. The van der Waals surface area contributed by atoms with Crippen LogP contribution in [0.5, 0.6) is 0 Å². The molecule has 1 aliphatic rings. The predicted molar refractivity (Wildman–Crippen MR) is 83.7 cm³/mol. The van der Waals surface area contributed by atoms with Gasteiger partial charge in [-0.2, -0.15) is 0 Å². The van der Waals surface area contributed by atoms with Gasteiger partial charge in [-0.1, -0.05) is 44.4 Å². The van der Waals surface area contributed by atoms with Crippen LogP contribution in [0.15, 0.2) is 24.3 Å². The normalized spacial score (nSPS) is 17.7. The van der Waals surface area contributed by atoms with E-state index in [0.717, 1.165) is 25.1 Å². The molecule has 1 atom stereocenters. The first kappa shape index (κ1) is 15.0. The van der Waals surface area contributed by atoms with Crippen molar-refractivity contribution >= 4 is 11.6 Å². The maximum Gasteiger partial charge on any atom is 0.227 e. The summed E-state index contributed by atoms with van der Waals surface area (Å²) in [7, 11) is 0. The van der Waals surface area contributed by atoms with Crippen molar-refractivity contribution in [1.29, 1.82) is 0 Å². The van der Waals surface area contributed by atoms with E-state index in [-0.39, 0.29) is 17.9 Å². The molecule has 0 spiro atoms. The van der Waals surface area contributed by atoms with Gasteiger partial charge >= 0.3 is 0 Å². The van der Waals surface area contributed by atoms with Crippen LogP contribution in [0.4, 0.5) is 5.69 Å². The lowest BCUT2D eigenvalue weighted by molar-refractivity contribution is -0.120. The van der Waals surface area contributed by atoms with Gasteiger partial charge < -0.3 is 10.6 Å². The van der Waals surface area contributed by atoms with Gasteiger partial charge in [0.05, 0.1) is 0 Å². The molecular formula is C17H26N2O. The summed E-state index contributed by atoms with van der Waals surface area (Å²) >= 11 is 0. The summed E-state index contributed by atoms with van der Waals surface area (Å²) in [5.41, 5.74) is 2.12. The monoisotopic (exact) mass is 274 g/mol. The third-order valence-electron chi connectivity index (χ3n) is 4.17. The SMILES string of the molecule is CCNC(C)c1ccccc1NC(=O)C1CCCCC1. The summed E-state index contributed by atoms with van der Waals surface area (Å²) in [6.45, 7) is 5.15. The Kier molecular flexibility index (Phi) is 5.60. The molecule has 0 aliphatic heterocycles. The molecule has 0 heterocycles. The zero-order chi connectivity index (χ0) is 14.4. The number of carbonyl (C=O) groups is 1. The number of benzene rings is 1. The highest BCUT2D eigenvalue weighted by molar-refractivity contribution is 5.93. The van der Waals surface area contributed by atoms with Crippen LogP contribution in [0.1, 0.15) is 57.6 Å². The fourth-order valence-corrected chi connectivity index (χ4v) is 3.00. The lowest BCUT2D eigenvalue weighted by atomic mass is 9.88. The van der Waals surface area contributed by atoms with Gasteiger partial charge in [0.15, 0.2) is 0 Å². The van der Waals surface area contributed by atoms with Gasteiger partial charge in [-0.15, -0.1) is 0 Å². The van der Waals surface area contributed by atoms with Crippen molar-refractivity contribution in [2.24, 2.45) is 5.92 Å². The van der Waals surface area contributed by atoms with Crippen molar-refractivity contribution in [1.82, 2.24) is 5.32 Å². The second kappa shape index (κ2) is 7.44. The second-order valence-electron chi connectivity index (χ2n) is 5.69. The van der Waals surface area contributed by atoms with E-state index in [1.165, 1.54) is 24.8 Å². The molecule has 0 aromatic heterocycles. The number of carbonyl (C=O) groups excluding carboxylic acids is 1. The molecule has 1 fully saturated rings. The van der Waals surface area contributed by atoms with Crippen LogP contribution in [-0.4, -0.2) is 12.5 Å². The van der Waals surface area contributed by atoms with Crippen molar-refractivity contribution in [2.75, 3.05) is 11.9 Å². The Labute approximate surface area is 122 Å². The van der Waals surface area contributed by atoms with Crippen LogP contribution < -0.4 is 10.6 Å². The minimum atomic E-state index is 0.195. The van der Waals surface area contributed by atoms with E-state index in [1.54, 1.807) is 0 Å². The summed E-state index contributed by atoms with van der Waals surface area (Å²) in [5.74, 6) is 0.395. The summed E-state index contributed by atoms with van der Waals surface area (Å²) in [6.07, 6.45) is 5.73. The van der Waals surface area contributed by atoms with Gasteiger partial charge in [-0.25, -0.2) is 0 Å². The molecule has 1 saturated carbocycles. The van der Waals surface area contributed by atoms with Crippen molar-refractivity contribution in [3.63, 3.8) is 0 Å². The van der Waals surface area contributed by atoms with Gasteiger partial charge in [0.1, 0.15) is 0 Å². The van der Waals surface area contributed by atoms with Crippen molar-refractivity contribution in [3.8, 4) is 0 Å². The fourth-order valence-electron chi connectivity index (χ4n) is 3.00. The van der Waals surface area contributed by atoms with Crippen LogP contribution in [0, 0.1) is 5.92 Å².